The van der Waals surface area contributed by atoms with Gasteiger partial charge in [0.2, 0.25) is 0 Å². The van der Waals surface area contributed by atoms with E-state index in [0.29, 0.717) is 12.2 Å². The fourth-order valence-corrected chi connectivity index (χ4v) is 1.07. The molecule has 0 fully saturated rings. The third-order valence-electron chi connectivity index (χ3n) is 1.76. The molecule has 68 valence electrons. The molecule has 0 radical (unpaired) electrons. The Morgan fingerprint density at radius 1 is 1.08 bits per heavy atom. The fraction of sp³-hybridized carbons (Fsp3) is 0.333. The van der Waals surface area contributed by atoms with Gasteiger partial charge in [0, 0.05) is 0 Å². The predicted octanol–water partition coefficient (Wildman–Crippen LogP) is 2.78. The van der Waals surface area contributed by atoms with E-state index < -0.39 is 0 Å². The highest BCUT2D eigenvalue weighted by molar-refractivity contribution is 5.38. The summed E-state index contributed by atoms with van der Waals surface area (Å²) < 4.78 is 0. The van der Waals surface area contributed by atoms with Crippen LogP contribution < -0.4 is 0 Å². The monoisotopic (exact) mass is 178 g/mol. The van der Waals surface area contributed by atoms with Crippen molar-refractivity contribution in [2.24, 2.45) is 10.4 Å². The zero-order valence-electron chi connectivity index (χ0n) is 7.14. The molecule has 0 aliphatic carbocycles. The maximum atomic E-state index is 10.1. The molecule has 0 saturated carbocycles. The number of aryl methyl sites for hydroxylation is 1. The van der Waals surface area contributed by atoms with E-state index in [1.54, 1.807) is 12.1 Å². The maximum absolute atomic E-state index is 10.1. The predicted molar refractivity (Wildman–Crippen MR) is 50.9 cm³/mol. The van der Waals surface area contributed by atoms with E-state index >= 15 is 0 Å². The van der Waals surface area contributed by atoms with Gasteiger partial charge in [0.1, 0.15) is 5.69 Å². The summed E-state index contributed by atoms with van der Waals surface area (Å²) in [5.41, 5.74) is 1.52. The lowest BCUT2D eigenvalue weighted by molar-refractivity contribution is 0.829. The zero-order valence-corrected chi connectivity index (χ0v) is 7.14. The van der Waals surface area contributed by atoms with Gasteiger partial charge in [-0.3, -0.25) is 0 Å². The van der Waals surface area contributed by atoms with Crippen LogP contribution >= 0.6 is 0 Å². The van der Waals surface area contributed by atoms with Gasteiger partial charge in [0.05, 0.1) is 6.54 Å². The summed E-state index contributed by atoms with van der Waals surface area (Å²) in [6.07, 6.45) is 1.56. The Hall–Kier alpha value is -1.58. The largest absolute Gasteiger partial charge is 0.151 e. The van der Waals surface area contributed by atoms with Crippen molar-refractivity contribution in [2.45, 2.75) is 12.8 Å². The summed E-state index contributed by atoms with van der Waals surface area (Å²) in [6, 6.07) is 7.00. The van der Waals surface area contributed by atoms with Crippen molar-refractivity contribution in [1.82, 2.24) is 0 Å². The molecule has 0 bridgehead atoms. The van der Waals surface area contributed by atoms with Gasteiger partial charge in [0.25, 0.3) is 0 Å². The molecule has 1 rings (SSSR count). The van der Waals surface area contributed by atoms with Gasteiger partial charge in [0.15, 0.2) is 0 Å². The SMILES string of the molecule is O=NCCCc1ccc(N=O)cc1. The molecule has 0 heterocycles. The minimum Gasteiger partial charge on any atom is -0.151 e. The second-order valence-electron chi connectivity index (χ2n) is 2.71. The van der Waals surface area contributed by atoms with Gasteiger partial charge < -0.3 is 0 Å². The van der Waals surface area contributed by atoms with E-state index in [1.807, 2.05) is 12.1 Å². The van der Waals surface area contributed by atoms with Crippen molar-refractivity contribution in [2.75, 3.05) is 6.54 Å². The highest BCUT2D eigenvalue weighted by Crippen LogP contribution is 2.13. The Kier molecular flexibility index (Phi) is 3.75. The molecule has 0 N–H and O–H groups in total. The van der Waals surface area contributed by atoms with E-state index in [9.17, 15) is 9.81 Å². The van der Waals surface area contributed by atoms with Crippen LogP contribution in [-0.4, -0.2) is 6.54 Å². The molecule has 0 saturated heterocycles. The minimum absolute atomic E-state index is 0.341. The Morgan fingerprint density at radius 3 is 2.31 bits per heavy atom. The molecule has 0 atom stereocenters. The molecular formula is C9H10N2O2. The first-order chi connectivity index (χ1) is 6.36. The van der Waals surface area contributed by atoms with Crippen LogP contribution in [-0.2, 0) is 6.42 Å². The molecule has 0 unspecified atom stereocenters. The van der Waals surface area contributed by atoms with Crippen molar-refractivity contribution < 1.29 is 0 Å². The van der Waals surface area contributed by atoms with Gasteiger partial charge in [-0.25, -0.2) is 0 Å². The topological polar surface area (TPSA) is 58.9 Å². The van der Waals surface area contributed by atoms with Crippen LogP contribution in [0.3, 0.4) is 0 Å². The molecule has 13 heavy (non-hydrogen) atoms. The van der Waals surface area contributed by atoms with Crippen LogP contribution in [0, 0.1) is 9.81 Å². The molecule has 0 aliphatic rings. The number of hydrogen-bond acceptors (Lipinski definition) is 4. The number of nitroso groups, excluding NO2 is 2. The van der Waals surface area contributed by atoms with Crippen LogP contribution in [0.1, 0.15) is 12.0 Å². The van der Waals surface area contributed by atoms with Gasteiger partial charge in [-0.05, 0) is 35.7 Å². The van der Waals surface area contributed by atoms with Gasteiger partial charge in [-0.2, -0.15) is 4.91 Å². The fourth-order valence-electron chi connectivity index (χ4n) is 1.07. The molecule has 0 aliphatic heterocycles. The summed E-state index contributed by atoms with van der Waals surface area (Å²) in [4.78, 5) is 19.9. The number of benzene rings is 1. The molecule has 0 aromatic heterocycles. The van der Waals surface area contributed by atoms with Gasteiger partial charge in [-0.15, -0.1) is 4.91 Å². The Labute approximate surface area is 75.9 Å². The lowest BCUT2D eigenvalue weighted by Gasteiger charge is -1.97. The van der Waals surface area contributed by atoms with Crippen molar-refractivity contribution in [1.29, 1.82) is 0 Å². The average molecular weight is 178 g/mol. The third kappa shape index (κ3) is 3.11. The van der Waals surface area contributed by atoms with E-state index in [0.717, 1.165) is 18.4 Å². The van der Waals surface area contributed by atoms with Crippen LogP contribution in [0.5, 0.6) is 0 Å². The van der Waals surface area contributed by atoms with Crippen molar-refractivity contribution in [3.8, 4) is 0 Å². The molecule has 0 spiro atoms. The number of rotatable bonds is 5. The van der Waals surface area contributed by atoms with E-state index in [1.165, 1.54) is 0 Å². The normalized spacial score (nSPS) is 9.54. The summed E-state index contributed by atoms with van der Waals surface area (Å²) in [5.74, 6) is 0. The molecule has 4 heteroatoms. The van der Waals surface area contributed by atoms with Crippen LogP contribution in [0.2, 0.25) is 0 Å². The Morgan fingerprint density at radius 2 is 1.77 bits per heavy atom. The van der Waals surface area contributed by atoms with E-state index in [-0.39, 0.29) is 0 Å². The molecule has 1 aromatic rings. The first-order valence-corrected chi connectivity index (χ1v) is 4.08. The van der Waals surface area contributed by atoms with Gasteiger partial charge >= 0.3 is 0 Å². The second kappa shape index (κ2) is 5.13. The zero-order chi connectivity index (χ0) is 9.52. The summed E-state index contributed by atoms with van der Waals surface area (Å²) in [7, 11) is 0. The first kappa shape index (κ1) is 9.51. The first-order valence-electron chi connectivity index (χ1n) is 4.08. The van der Waals surface area contributed by atoms with Crippen LogP contribution in [0.15, 0.2) is 34.6 Å². The van der Waals surface area contributed by atoms with Gasteiger partial charge in [-0.1, -0.05) is 17.3 Å². The number of hydrogen-bond donors (Lipinski definition) is 0. The minimum atomic E-state index is 0.341. The number of nitrogens with zero attached hydrogens (tertiary/aromatic N) is 2. The Bertz CT molecular complexity index is 282. The standard InChI is InChI=1S/C9H10N2O2/c12-10-7-1-2-8-3-5-9(11-13)6-4-8/h3-6H,1-2,7H2. The smallest absolute Gasteiger partial charge is 0.108 e. The highest BCUT2D eigenvalue weighted by atomic mass is 16.3. The summed E-state index contributed by atoms with van der Waals surface area (Å²) in [5, 5.41) is 5.56. The third-order valence-corrected chi connectivity index (χ3v) is 1.76. The lowest BCUT2D eigenvalue weighted by atomic mass is 10.1. The quantitative estimate of drug-likeness (QED) is 0.514. The van der Waals surface area contributed by atoms with E-state index in [2.05, 4.69) is 10.4 Å². The van der Waals surface area contributed by atoms with Crippen molar-refractivity contribution in [3.63, 3.8) is 0 Å². The average Bonchev–Trinajstić information content (AvgIpc) is 2.19. The van der Waals surface area contributed by atoms with Crippen LogP contribution in [0.4, 0.5) is 5.69 Å². The maximum Gasteiger partial charge on any atom is 0.108 e. The summed E-state index contributed by atoms with van der Waals surface area (Å²) >= 11 is 0. The highest BCUT2D eigenvalue weighted by Gasteiger charge is 1.94. The molecule has 0 amide bonds. The van der Waals surface area contributed by atoms with Crippen LogP contribution in [0.25, 0.3) is 0 Å². The van der Waals surface area contributed by atoms with Crippen molar-refractivity contribution >= 4 is 5.69 Å². The second-order valence-corrected chi connectivity index (χ2v) is 2.71. The van der Waals surface area contributed by atoms with E-state index in [4.69, 9.17) is 0 Å². The van der Waals surface area contributed by atoms with Crippen molar-refractivity contribution in [3.05, 3.63) is 39.6 Å². The Balaban J connectivity index is 2.48. The molecule has 4 nitrogen and oxygen atoms in total. The summed E-state index contributed by atoms with van der Waals surface area (Å²) in [6.45, 7) is 0.341. The molecular weight excluding hydrogens is 168 g/mol. The molecule has 1 aromatic carbocycles. The lowest BCUT2D eigenvalue weighted by Crippen LogP contribution is -1.86.